The second kappa shape index (κ2) is 6.01. The van der Waals surface area contributed by atoms with Gasteiger partial charge in [-0.25, -0.2) is 9.97 Å². The third-order valence-electron chi connectivity index (χ3n) is 2.85. The van der Waals surface area contributed by atoms with E-state index < -0.39 is 0 Å². The quantitative estimate of drug-likeness (QED) is 0.771. The van der Waals surface area contributed by atoms with E-state index in [0.29, 0.717) is 0 Å². The minimum Gasteiger partial charge on any atom is -0.241 e. The van der Waals surface area contributed by atoms with Crippen molar-refractivity contribution in [3.63, 3.8) is 0 Å². The SMILES string of the molecule is CCCc1cnc(C)nc1-c1cccc(SC)c1. The molecule has 1 heterocycles. The van der Waals surface area contributed by atoms with E-state index in [1.54, 1.807) is 11.8 Å². The predicted octanol–water partition coefficient (Wildman–Crippen LogP) is 4.13. The zero-order valence-corrected chi connectivity index (χ0v) is 11.9. The van der Waals surface area contributed by atoms with Crippen LogP contribution in [0.4, 0.5) is 0 Å². The molecule has 0 bridgehead atoms. The second-order valence-electron chi connectivity index (χ2n) is 4.27. The monoisotopic (exact) mass is 258 g/mol. The molecule has 0 atom stereocenters. The first-order valence-corrected chi connectivity index (χ1v) is 7.44. The maximum Gasteiger partial charge on any atom is 0.125 e. The molecule has 0 N–H and O–H groups in total. The fourth-order valence-electron chi connectivity index (χ4n) is 1.97. The Kier molecular flexibility index (Phi) is 4.37. The summed E-state index contributed by atoms with van der Waals surface area (Å²) in [6, 6.07) is 8.54. The normalized spacial score (nSPS) is 10.6. The lowest BCUT2D eigenvalue weighted by atomic mass is 10.0. The molecule has 2 nitrogen and oxygen atoms in total. The van der Waals surface area contributed by atoms with E-state index in [-0.39, 0.29) is 0 Å². The van der Waals surface area contributed by atoms with E-state index in [1.165, 1.54) is 16.0 Å². The molecule has 2 aromatic rings. The molecule has 0 unspecified atom stereocenters. The highest BCUT2D eigenvalue weighted by atomic mass is 32.2. The van der Waals surface area contributed by atoms with Gasteiger partial charge in [-0.15, -0.1) is 11.8 Å². The van der Waals surface area contributed by atoms with Crippen molar-refractivity contribution in [2.24, 2.45) is 0 Å². The summed E-state index contributed by atoms with van der Waals surface area (Å²) in [5.41, 5.74) is 3.51. The lowest BCUT2D eigenvalue weighted by molar-refractivity contribution is 0.893. The van der Waals surface area contributed by atoms with Gasteiger partial charge < -0.3 is 0 Å². The number of hydrogen-bond acceptors (Lipinski definition) is 3. The maximum atomic E-state index is 4.62. The maximum absolute atomic E-state index is 4.62. The summed E-state index contributed by atoms with van der Waals surface area (Å²) in [7, 11) is 0. The van der Waals surface area contributed by atoms with Gasteiger partial charge in [0.2, 0.25) is 0 Å². The zero-order chi connectivity index (χ0) is 13.0. The molecule has 0 saturated heterocycles. The Bertz CT molecular complexity index is 538. The van der Waals surface area contributed by atoms with Crippen molar-refractivity contribution in [2.45, 2.75) is 31.6 Å². The summed E-state index contributed by atoms with van der Waals surface area (Å²) in [5, 5.41) is 0. The number of aromatic nitrogens is 2. The average Bonchev–Trinajstić information content (AvgIpc) is 2.41. The lowest BCUT2D eigenvalue weighted by Crippen LogP contribution is -1.98. The number of benzene rings is 1. The molecule has 18 heavy (non-hydrogen) atoms. The van der Waals surface area contributed by atoms with Gasteiger partial charge in [0.15, 0.2) is 0 Å². The van der Waals surface area contributed by atoms with E-state index >= 15 is 0 Å². The minimum absolute atomic E-state index is 0.833. The fourth-order valence-corrected chi connectivity index (χ4v) is 2.43. The van der Waals surface area contributed by atoms with Gasteiger partial charge in [0.25, 0.3) is 0 Å². The van der Waals surface area contributed by atoms with Crippen LogP contribution in [-0.4, -0.2) is 16.2 Å². The fraction of sp³-hybridized carbons (Fsp3) is 0.333. The number of rotatable bonds is 4. The van der Waals surface area contributed by atoms with Gasteiger partial charge in [0.1, 0.15) is 5.82 Å². The van der Waals surface area contributed by atoms with Crippen LogP contribution in [-0.2, 0) is 6.42 Å². The van der Waals surface area contributed by atoms with Crippen molar-refractivity contribution in [3.8, 4) is 11.3 Å². The molecular formula is C15H18N2S. The van der Waals surface area contributed by atoms with Gasteiger partial charge in [0.05, 0.1) is 5.69 Å². The van der Waals surface area contributed by atoms with Crippen LogP contribution in [0.1, 0.15) is 24.7 Å². The van der Waals surface area contributed by atoms with Crippen LogP contribution >= 0.6 is 11.8 Å². The highest BCUT2D eigenvalue weighted by Crippen LogP contribution is 2.26. The first-order chi connectivity index (χ1) is 8.74. The molecule has 1 aromatic heterocycles. The number of nitrogens with zero attached hydrogens (tertiary/aromatic N) is 2. The van der Waals surface area contributed by atoms with E-state index in [4.69, 9.17) is 0 Å². The van der Waals surface area contributed by atoms with Crippen LogP contribution in [0.15, 0.2) is 35.4 Å². The Morgan fingerprint density at radius 3 is 2.83 bits per heavy atom. The van der Waals surface area contributed by atoms with E-state index in [1.807, 2.05) is 13.1 Å². The summed E-state index contributed by atoms with van der Waals surface area (Å²) >= 11 is 1.76. The molecule has 0 spiro atoms. The van der Waals surface area contributed by atoms with Crippen molar-refractivity contribution < 1.29 is 0 Å². The summed E-state index contributed by atoms with van der Waals surface area (Å²) in [6.07, 6.45) is 6.20. The van der Waals surface area contributed by atoms with Crippen LogP contribution in [0.2, 0.25) is 0 Å². The third kappa shape index (κ3) is 2.91. The van der Waals surface area contributed by atoms with Crippen LogP contribution < -0.4 is 0 Å². The number of hydrogen-bond donors (Lipinski definition) is 0. The summed E-state index contributed by atoms with van der Waals surface area (Å²) in [5.74, 6) is 0.833. The molecule has 94 valence electrons. The Morgan fingerprint density at radius 1 is 1.28 bits per heavy atom. The number of aryl methyl sites for hydroxylation is 2. The molecule has 2 rings (SSSR count). The molecule has 0 fully saturated rings. The highest BCUT2D eigenvalue weighted by molar-refractivity contribution is 7.98. The molecule has 0 aliphatic carbocycles. The Hall–Kier alpha value is -1.35. The number of thioether (sulfide) groups is 1. The smallest absolute Gasteiger partial charge is 0.125 e. The van der Waals surface area contributed by atoms with Gasteiger partial charge in [-0.05, 0) is 37.3 Å². The Labute approximate surface area is 113 Å². The molecule has 0 radical (unpaired) electrons. The predicted molar refractivity (Wildman–Crippen MR) is 78.0 cm³/mol. The molecule has 0 aliphatic heterocycles. The van der Waals surface area contributed by atoms with Gasteiger partial charge in [-0.1, -0.05) is 25.5 Å². The molecule has 1 aromatic carbocycles. The van der Waals surface area contributed by atoms with Crippen molar-refractivity contribution in [2.75, 3.05) is 6.26 Å². The largest absolute Gasteiger partial charge is 0.241 e. The molecule has 3 heteroatoms. The lowest BCUT2D eigenvalue weighted by Gasteiger charge is -2.09. The molecule has 0 aliphatic rings. The Balaban J connectivity index is 2.50. The van der Waals surface area contributed by atoms with Crippen LogP contribution in [0, 0.1) is 6.92 Å². The van der Waals surface area contributed by atoms with Crippen molar-refractivity contribution in [1.29, 1.82) is 0 Å². The summed E-state index contributed by atoms with van der Waals surface area (Å²) in [4.78, 5) is 10.2. The van der Waals surface area contributed by atoms with Crippen LogP contribution in [0.25, 0.3) is 11.3 Å². The van der Waals surface area contributed by atoms with Crippen molar-refractivity contribution >= 4 is 11.8 Å². The summed E-state index contributed by atoms with van der Waals surface area (Å²) < 4.78 is 0. The topological polar surface area (TPSA) is 25.8 Å². The second-order valence-corrected chi connectivity index (χ2v) is 5.15. The van der Waals surface area contributed by atoms with Gasteiger partial charge in [-0.2, -0.15) is 0 Å². The van der Waals surface area contributed by atoms with Gasteiger partial charge >= 0.3 is 0 Å². The minimum atomic E-state index is 0.833. The van der Waals surface area contributed by atoms with E-state index in [9.17, 15) is 0 Å². The molecule has 0 saturated carbocycles. The first kappa shape index (κ1) is 13.1. The summed E-state index contributed by atoms with van der Waals surface area (Å²) in [6.45, 7) is 4.12. The molecule has 0 amide bonds. The van der Waals surface area contributed by atoms with Crippen molar-refractivity contribution in [3.05, 3.63) is 41.9 Å². The highest BCUT2D eigenvalue weighted by Gasteiger charge is 2.08. The average molecular weight is 258 g/mol. The zero-order valence-electron chi connectivity index (χ0n) is 11.1. The third-order valence-corrected chi connectivity index (χ3v) is 3.57. The standard InChI is InChI=1S/C15H18N2S/c1-4-6-13-10-16-11(2)17-15(13)12-7-5-8-14(9-12)18-3/h5,7-10H,4,6H2,1-3H3. The van der Waals surface area contributed by atoms with Crippen molar-refractivity contribution in [1.82, 2.24) is 9.97 Å². The Morgan fingerprint density at radius 2 is 2.11 bits per heavy atom. The van der Waals surface area contributed by atoms with Gasteiger partial charge in [-0.3, -0.25) is 0 Å². The van der Waals surface area contributed by atoms with Crippen LogP contribution in [0.3, 0.4) is 0 Å². The molecular weight excluding hydrogens is 240 g/mol. The van der Waals surface area contributed by atoms with E-state index in [0.717, 1.165) is 24.4 Å². The van der Waals surface area contributed by atoms with Crippen LogP contribution in [0.5, 0.6) is 0 Å². The van der Waals surface area contributed by atoms with E-state index in [2.05, 4.69) is 47.4 Å². The first-order valence-electron chi connectivity index (χ1n) is 6.21. The van der Waals surface area contributed by atoms with Gasteiger partial charge in [0, 0.05) is 16.7 Å².